The van der Waals surface area contributed by atoms with Crippen LogP contribution in [0.4, 0.5) is 0 Å². The van der Waals surface area contributed by atoms with Crippen molar-refractivity contribution in [3.05, 3.63) is 35.3 Å². The number of ether oxygens (including phenoxy) is 1. The van der Waals surface area contributed by atoms with Gasteiger partial charge < -0.3 is 9.64 Å². The number of carbonyl (C=O) groups excluding carboxylic acids is 2. The molecular formula is C19H22N2O3S. The Morgan fingerprint density at radius 1 is 1.28 bits per heavy atom. The number of aromatic nitrogens is 1. The number of hydrogen-bond donors (Lipinski definition) is 0. The Bertz CT molecular complexity index is 756. The van der Waals surface area contributed by atoms with Gasteiger partial charge in [-0.25, -0.2) is 9.78 Å². The van der Waals surface area contributed by atoms with E-state index in [0.29, 0.717) is 0 Å². The minimum atomic E-state index is -0.523. The van der Waals surface area contributed by atoms with Gasteiger partial charge in [0, 0.05) is 18.2 Å². The number of nitrogens with zero attached hydrogens (tertiary/aromatic N) is 2. The SMILES string of the molecule is C[C@H]1CCC[C@H](C)N1C(=O)COC(=O)/C=C/c1nc2ccccc2s1. The van der Waals surface area contributed by atoms with Crippen molar-refractivity contribution in [3.63, 3.8) is 0 Å². The smallest absolute Gasteiger partial charge is 0.331 e. The van der Waals surface area contributed by atoms with Crippen LogP contribution >= 0.6 is 11.3 Å². The average molecular weight is 358 g/mol. The molecule has 1 aromatic heterocycles. The molecule has 0 N–H and O–H groups in total. The topological polar surface area (TPSA) is 59.5 Å². The van der Waals surface area contributed by atoms with Crippen LogP contribution in [0.25, 0.3) is 16.3 Å². The Morgan fingerprint density at radius 3 is 2.72 bits per heavy atom. The number of thiazole rings is 1. The summed E-state index contributed by atoms with van der Waals surface area (Å²) in [5.74, 6) is -0.647. The molecule has 6 heteroatoms. The molecule has 1 fully saturated rings. The highest BCUT2D eigenvalue weighted by Crippen LogP contribution is 2.23. The van der Waals surface area contributed by atoms with Crippen molar-refractivity contribution in [1.29, 1.82) is 0 Å². The average Bonchev–Trinajstić information content (AvgIpc) is 3.01. The predicted molar refractivity (Wildman–Crippen MR) is 99.2 cm³/mol. The van der Waals surface area contributed by atoms with Crippen LogP contribution in [0, 0.1) is 0 Å². The van der Waals surface area contributed by atoms with Gasteiger partial charge in [0.2, 0.25) is 0 Å². The van der Waals surface area contributed by atoms with Crippen molar-refractivity contribution in [1.82, 2.24) is 9.88 Å². The van der Waals surface area contributed by atoms with E-state index in [9.17, 15) is 9.59 Å². The first-order chi connectivity index (χ1) is 12.0. The Labute approximate surface area is 151 Å². The summed E-state index contributed by atoms with van der Waals surface area (Å²) in [5.41, 5.74) is 0.906. The number of hydrogen-bond acceptors (Lipinski definition) is 5. The number of fused-ring (bicyclic) bond motifs is 1. The molecule has 0 bridgehead atoms. The molecule has 0 radical (unpaired) electrons. The highest BCUT2D eigenvalue weighted by atomic mass is 32.1. The van der Waals surface area contributed by atoms with Crippen LogP contribution in [-0.4, -0.2) is 40.5 Å². The Kier molecular flexibility index (Phi) is 5.48. The number of rotatable bonds is 4. The fraction of sp³-hybridized carbons (Fsp3) is 0.421. The van der Waals surface area contributed by atoms with E-state index in [1.807, 2.05) is 43.0 Å². The summed E-state index contributed by atoms with van der Waals surface area (Å²) in [6.45, 7) is 3.88. The van der Waals surface area contributed by atoms with Crippen molar-refractivity contribution in [2.24, 2.45) is 0 Å². The molecule has 1 saturated heterocycles. The largest absolute Gasteiger partial charge is 0.452 e. The van der Waals surface area contributed by atoms with E-state index in [1.165, 1.54) is 17.4 Å². The molecule has 3 rings (SSSR count). The third kappa shape index (κ3) is 4.25. The molecule has 132 valence electrons. The predicted octanol–water partition coefficient (Wildman–Crippen LogP) is 3.64. The summed E-state index contributed by atoms with van der Waals surface area (Å²) in [6, 6.07) is 8.21. The van der Waals surface area contributed by atoms with Gasteiger partial charge in [-0.15, -0.1) is 11.3 Å². The summed E-state index contributed by atoms with van der Waals surface area (Å²) >= 11 is 1.51. The van der Waals surface area contributed by atoms with Crippen LogP contribution in [0.5, 0.6) is 0 Å². The van der Waals surface area contributed by atoms with Gasteiger partial charge >= 0.3 is 5.97 Å². The molecule has 1 amide bonds. The van der Waals surface area contributed by atoms with Crippen molar-refractivity contribution in [2.45, 2.75) is 45.2 Å². The van der Waals surface area contributed by atoms with Crippen LogP contribution in [0.3, 0.4) is 0 Å². The van der Waals surface area contributed by atoms with Crippen LogP contribution < -0.4 is 0 Å². The second kappa shape index (κ2) is 7.78. The third-order valence-corrected chi connectivity index (χ3v) is 5.49. The fourth-order valence-corrected chi connectivity index (χ4v) is 4.14. The lowest BCUT2D eigenvalue weighted by Crippen LogP contribution is -2.49. The molecule has 0 unspecified atom stereocenters. The first-order valence-corrected chi connectivity index (χ1v) is 9.38. The minimum absolute atomic E-state index is 0.124. The van der Waals surface area contributed by atoms with Crippen LogP contribution in [-0.2, 0) is 14.3 Å². The Balaban J connectivity index is 1.54. The first-order valence-electron chi connectivity index (χ1n) is 8.56. The van der Waals surface area contributed by atoms with Crippen molar-refractivity contribution >= 4 is 39.5 Å². The quantitative estimate of drug-likeness (QED) is 0.618. The molecule has 0 aliphatic carbocycles. The lowest BCUT2D eigenvalue weighted by Gasteiger charge is -2.38. The summed E-state index contributed by atoms with van der Waals surface area (Å²) in [6.07, 6.45) is 6.09. The summed E-state index contributed by atoms with van der Waals surface area (Å²) in [4.78, 5) is 30.5. The molecule has 2 atom stereocenters. The zero-order valence-electron chi connectivity index (χ0n) is 14.5. The van der Waals surface area contributed by atoms with Gasteiger partial charge in [-0.3, -0.25) is 4.79 Å². The van der Waals surface area contributed by atoms with E-state index in [0.717, 1.165) is 34.5 Å². The van der Waals surface area contributed by atoms with Gasteiger partial charge in [0.15, 0.2) is 6.61 Å². The standard InChI is InChI=1S/C19H22N2O3S/c1-13-6-5-7-14(2)21(13)18(22)12-24-19(23)11-10-17-20-15-8-3-4-9-16(15)25-17/h3-4,8-11,13-14H,5-7,12H2,1-2H3/b11-10+/t13-,14-/m0/s1. The van der Waals surface area contributed by atoms with E-state index in [1.54, 1.807) is 6.08 Å². The maximum absolute atomic E-state index is 12.3. The molecule has 0 saturated carbocycles. The lowest BCUT2D eigenvalue weighted by atomic mass is 9.97. The summed E-state index contributed by atoms with van der Waals surface area (Å²) in [7, 11) is 0. The maximum atomic E-state index is 12.3. The van der Waals surface area contributed by atoms with Gasteiger partial charge in [-0.2, -0.15) is 0 Å². The highest BCUT2D eigenvalue weighted by molar-refractivity contribution is 7.19. The number of likely N-dealkylation sites (tertiary alicyclic amines) is 1. The monoisotopic (exact) mass is 358 g/mol. The second-order valence-corrected chi connectivity index (χ2v) is 7.45. The zero-order chi connectivity index (χ0) is 17.8. The lowest BCUT2D eigenvalue weighted by molar-refractivity contribution is -0.151. The number of amides is 1. The minimum Gasteiger partial charge on any atom is -0.452 e. The molecule has 2 heterocycles. The fourth-order valence-electron chi connectivity index (χ4n) is 3.27. The number of benzene rings is 1. The van der Waals surface area contributed by atoms with E-state index in [2.05, 4.69) is 4.98 Å². The van der Waals surface area contributed by atoms with Gasteiger partial charge in [-0.05, 0) is 51.3 Å². The van der Waals surface area contributed by atoms with Crippen molar-refractivity contribution in [3.8, 4) is 0 Å². The Hall–Kier alpha value is -2.21. The van der Waals surface area contributed by atoms with Gasteiger partial charge in [0.1, 0.15) is 5.01 Å². The van der Waals surface area contributed by atoms with Crippen LogP contribution in [0.2, 0.25) is 0 Å². The molecule has 25 heavy (non-hydrogen) atoms. The van der Waals surface area contributed by atoms with E-state index in [4.69, 9.17) is 4.74 Å². The number of carbonyl (C=O) groups is 2. The maximum Gasteiger partial charge on any atom is 0.331 e. The van der Waals surface area contributed by atoms with Gasteiger partial charge in [0.25, 0.3) is 5.91 Å². The third-order valence-electron chi connectivity index (χ3n) is 4.49. The van der Waals surface area contributed by atoms with Crippen molar-refractivity contribution < 1.29 is 14.3 Å². The number of para-hydroxylation sites is 1. The second-order valence-electron chi connectivity index (χ2n) is 6.39. The van der Waals surface area contributed by atoms with E-state index < -0.39 is 5.97 Å². The Morgan fingerprint density at radius 2 is 2.00 bits per heavy atom. The molecule has 1 aliphatic heterocycles. The number of esters is 1. The first kappa shape index (κ1) is 17.6. The molecular weight excluding hydrogens is 336 g/mol. The normalized spacial score (nSPS) is 21.0. The summed E-state index contributed by atoms with van der Waals surface area (Å²) in [5, 5.41) is 0.739. The molecule has 1 aromatic carbocycles. The summed E-state index contributed by atoms with van der Waals surface area (Å²) < 4.78 is 6.18. The zero-order valence-corrected chi connectivity index (χ0v) is 15.3. The van der Waals surface area contributed by atoms with Crippen LogP contribution in [0.1, 0.15) is 38.1 Å². The number of piperidine rings is 1. The highest BCUT2D eigenvalue weighted by Gasteiger charge is 2.29. The van der Waals surface area contributed by atoms with Gasteiger partial charge in [0.05, 0.1) is 10.2 Å². The molecule has 1 aliphatic rings. The molecule has 0 spiro atoms. The molecule has 2 aromatic rings. The van der Waals surface area contributed by atoms with Crippen LogP contribution in [0.15, 0.2) is 30.3 Å². The van der Waals surface area contributed by atoms with Gasteiger partial charge in [-0.1, -0.05) is 12.1 Å². The van der Waals surface area contributed by atoms with E-state index in [-0.39, 0.29) is 24.6 Å². The van der Waals surface area contributed by atoms with E-state index >= 15 is 0 Å². The van der Waals surface area contributed by atoms with Crippen molar-refractivity contribution in [2.75, 3.05) is 6.61 Å². The molecule has 5 nitrogen and oxygen atoms in total.